The van der Waals surface area contributed by atoms with Crippen molar-refractivity contribution < 1.29 is 22.4 Å². The Bertz CT molecular complexity index is 464. The Balaban J connectivity index is 1.97. The van der Waals surface area contributed by atoms with Crippen molar-refractivity contribution in [3.05, 3.63) is 35.6 Å². The van der Waals surface area contributed by atoms with E-state index >= 15 is 0 Å². The number of benzene rings is 1. The minimum atomic E-state index is -4.21. The highest BCUT2D eigenvalue weighted by Gasteiger charge is 2.43. The zero-order chi connectivity index (χ0) is 14.8. The van der Waals surface area contributed by atoms with Crippen LogP contribution >= 0.6 is 0 Å². The lowest BCUT2D eigenvalue weighted by atomic mass is 9.78. The molecule has 0 amide bonds. The molecular formula is C15H16F4O. The van der Waals surface area contributed by atoms with Crippen LogP contribution in [0.4, 0.5) is 17.6 Å². The Morgan fingerprint density at radius 1 is 1.15 bits per heavy atom. The van der Waals surface area contributed by atoms with Crippen LogP contribution in [0.25, 0.3) is 0 Å². The molecule has 20 heavy (non-hydrogen) atoms. The number of rotatable bonds is 3. The molecule has 1 nitrogen and oxygen atoms in total. The number of alkyl halides is 3. The number of hydrogen-bond donors (Lipinski definition) is 0. The van der Waals surface area contributed by atoms with Gasteiger partial charge in [-0.3, -0.25) is 4.79 Å². The number of ketones is 1. The summed E-state index contributed by atoms with van der Waals surface area (Å²) in [6, 6.07) is 5.50. The van der Waals surface area contributed by atoms with Crippen molar-refractivity contribution in [2.45, 2.75) is 38.3 Å². The van der Waals surface area contributed by atoms with Crippen molar-refractivity contribution in [2.24, 2.45) is 11.8 Å². The van der Waals surface area contributed by atoms with E-state index in [0.717, 1.165) is 0 Å². The first-order valence-electron chi connectivity index (χ1n) is 6.70. The molecule has 1 aliphatic rings. The fourth-order valence-electron chi connectivity index (χ4n) is 2.73. The lowest BCUT2D eigenvalue weighted by Crippen LogP contribution is -2.32. The van der Waals surface area contributed by atoms with Gasteiger partial charge in [0.05, 0.1) is 5.92 Å². The molecular weight excluding hydrogens is 272 g/mol. The van der Waals surface area contributed by atoms with Crippen LogP contribution in [0, 0.1) is 17.7 Å². The van der Waals surface area contributed by atoms with E-state index in [1.165, 1.54) is 24.3 Å². The standard InChI is InChI=1S/C15H16F4O/c16-13-6-4-10(5-7-13)8-14(20)11-2-1-3-12(9-11)15(17,18)19/h4-7,11-12H,1-3,8-9H2. The van der Waals surface area contributed by atoms with Crippen LogP contribution in [-0.4, -0.2) is 12.0 Å². The quantitative estimate of drug-likeness (QED) is 0.758. The molecule has 1 aliphatic carbocycles. The fraction of sp³-hybridized carbons (Fsp3) is 0.533. The van der Waals surface area contributed by atoms with Crippen LogP contribution in [-0.2, 0) is 11.2 Å². The molecule has 0 saturated heterocycles. The smallest absolute Gasteiger partial charge is 0.299 e. The average Bonchev–Trinajstić information content (AvgIpc) is 2.40. The maximum atomic E-state index is 12.8. The predicted molar refractivity (Wildman–Crippen MR) is 66.6 cm³/mol. The molecule has 0 bridgehead atoms. The highest BCUT2D eigenvalue weighted by Crippen LogP contribution is 2.40. The maximum absolute atomic E-state index is 12.8. The van der Waals surface area contributed by atoms with Crippen LogP contribution in [0.15, 0.2) is 24.3 Å². The Morgan fingerprint density at radius 3 is 2.40 bits per heavy atom. The second-order valence-corrected chi connectivity index (χ2v) is 5.37. The molecule has 1 aromatic rings. The lowest BCUT2D eigenvalue weighted by molar-refractivity contribution is -0.186. The Kier molecular flexibility index (Phi) is 4.45. The molecule has 2 atom stereocenters. The number of halogens is 4. The number of carbonyl (C=O) groups is 1. The van der Waals surface area contributed by atoms with Gasteiger partial charge in [0.1, 0.15) is 11.6 Å². The van der Waals surface area contributed by atoms with Gasteiger partial charge in [0, 0.05) is 12.3 Å². The first kappa shape index (κ1) is 15.0. The third-order valence-corrected chi connectivity index (χ3v) is 3.88. The summed E-state index contributed by atoms with van der Waals surface area (Å²) in [6.45, 7) is 0. The summed E-state index contributed by atoms with van der Waals surface area (Å²) in [7, 11) is 0. The Morgan fingerprint density at radius 2 is 1.80 bits per heavy atom. The number of hydrogen-bond acceptors (Lipinski definition) is 1. The molecule has 0 aliphatic heterocycles. The monoisotopic (exact) mass is 288 g/mol. The minimum absolute atomic E-state index is 0.0789. The van der Waals surface area contributed by atoms with Crippen molar-refractivity contribution in [1.82, 2.24) is 0 Å². The van der Waals surface area contributed by atoms with E-state index in [1.807, 2.05) is 0 Å². The lowest BCUT2D eigenvalue weighted by Gasteiger charge is -2.29. The summed E-state index contributed by atoms with van der Waals surface area (Å²) in [6.07, 6.45) is -3.17. The van der Waals surface area contributed by atoms with Crippen molar-refractivity contribution in [2.75, 3.05) is 0 Å². The third kappa shape index (κ3) is 3.81. The SMILES string of the molecule is O=C(Cc1ccc(F)cc1)C1CCCC(C(F)(F)F)C1. The van der Waals surface area contributed by atoms with Crippen molar-refractivity contribution in [1.29, 1.82) is 0 Å². The van der Waals surface area contributed by atoms with Crippen molar-refractivity contribution in [3.8, 4) is 0 Å². The zero-order valence-electron chi connectivity index (χ0n) is 10.9. The van der Waals surface area contributed by atoms with Crippen molar-refractivity contribution in [3.63, 3.8) is 0 Å². The van der Waals surface area contributed by atoms with Crippen LogP contribution in [0.3, 0.4) is 0 Å². The van der Waals surface area contributed by atoms with Gasteiger partial charge in [0.25, 0.3) is 0 Å². The molecule has 0 spiro atoms. The van der Waals surface area contributed by atoms with Gasteiger partial charge in [-0.25, -0.2) is 4.39 Å². The molecule has 0 heterocycles. The van der Waals surface area contributed by atoms with Gasteiger partial charge in [-0.1, -0.05) is 18.6 Å². The van der Waals surface area contributed by atoms with Gasteiger partial charge in [0.15, 0.2) is 0 Å². The first-order chi connectivity index (χ1) is 9.36. The summed E-state index contributed by atoms with van der Waals surface area (Å²) in [5, 5.41) is 0. The summed E-state index contributed by atoms with van der Waals surface area (Å²) < 4.78 is 50.8. The van der Waals surface area contributed by atoms with Gasteiger partial charge in [-0.2, -0.15) is 13.2 Å². The predicted octanol–water partition coefficient (Wildman–Crippen LogP) is 4.31. The molecule has 0 radical (unpaired) electrons. The van der Waals surface area contributed by atoms with Crippen LogP contribution in [0.5, 0.6) is 0 Å². The Hall–Kier alpha value is -1.39. The highest BCUT2D eigenvalue weighted by atomic mass is 19.4. The van der Waals surface area contributed by atoms with E-state index in [2.05, 4.69) is 0 Å². The topological polar surface area (TPSA) is 17.1 Å². The summed E-state index contributed by atoms with van der Waals surface area (Å²) >= 11 is 0. The molecule has 0 aromatic heterocycles. The molecule has 1 aromatic carbocycles. The summed E-state index contributed by atoms with van der Waals surface area (Å²) in [5.74, 6) is -2.46. The summed E-state index contributed by atoms with van der Waals surface area (Å²) in [4.78, 5) is 12.1. The summed E-state index contributed by atoms with van der Waals surface area (Å²) in [5.41, 5.74) is 0.644. The largest absolute Gasteiger partial charge is 0.391 e. The fourth-order valence-corrected chi connectivity index (χ4v) is 2.73. The number of carbonyl (C=O) groups excluding carboxylic acids is 1. The molecule has 0 N–H and O–H groups in total. The van der Waals surface area contributed by atoms with Gasteiger partial charge in [-0.05, 0) is 37.0 Å². The minimum Gasteiger partial charge on any atom is -0.299 e. The van der Waals surface area contributed by atoms with Crippen molar-refractivity contribution >= 4 is 5.78 Å². The van der Waals surface area contributed by atoms with Crippen LogP contribution in [0.2, 0.25) is 0 Å². The van der Waals surface area contributed by atoms with Gasteiger partial charge in [0.2, 0.25) is 0 Å². The Labute approximate surface area is 115 Å². The second-order valence-electron chi connectivity index (χ2n) is 5.37. The second kappa shape index (κ2) is 5.94. The van der Waals surface area contributed by atoms with E-state index in [4.69, 9.17) is 0 Å². The van der Waals surface area contributed by atoms with Gasteiger partial charge >= 0.3 is 6.18 Å². The molecule has 1 saturated carbocycles. The molecule has 1 fully saturated rings. The van der Waals surface area contributed by atoms with E-state index in [9.17, 15) is 22.4 Å². The highest BCUT2D eigenvalue weighted by molar-refractivity contribution is 5.83. The maximum Gasteiger partial charge on any atom is 0.391 e. The molecule has 110 valence electrons. The molecule has 5 heteroatoms. The number of Topliss-reactive ketones (excluding diaryl/α,β-unsaturated/α-hetero) is 1. The van der Waals surface area contributed by atoms with E-state index in [0.29, 0.717) is 18.4 Å². The van der Waals surface area contributed by atoms with Crippen LogP contribution < -0.4 is 0 Å². The third-order valence-electron chi connectivity index (χ3n) is 3.88. The average molecular weight is 288 g/mol. The van der Waals surface area contributed by atoms with E-state index < -0.39 is 23.8 Å². The molecule has 2 rings (SSSR count). The van der Waals surface area contributed by atoms with Gasteiger partial charge < -0.3 is 0 Å². The normalized spacial score (nSPS) is 23.6. The zero-order valence-corrected chi connectivity index (χ0v) is 10.9. The van der Waals surface area contributed by atoms with E-state index in [-0.39, 0.29) is 25.0 Å². The van der Waals surface area contributed by atoms with Crippen LogP contribution in [0.1, 0.15) is 31.2 Å². The molecule has 2 unspecified atom stereocenters. The van der Waals surface area contributed by atoms with Gasteiger partial charge in [-0.15, -0.1) is 0 Å². The van der Waals surface area contributed by atoms with E-state index in [1.54, 1.807) is 0 Å². The first-order valence-corrected chi connectivity index (χ1v) is 6.70.